The zero-order valence-corrected chi connectivity index (χ0v) is 19.6. The quantitative estimate of drug-likeness (QED) is 0.542. The second-order valence-corrected chi connectivity index (χ2v) is 9.68. The van der Waals surface area contributed by atoms with Crippen LogP contribution in [-0.4, -0.2) is 45.4 Å². The number of ether oxygens (including phenoxy) is 2. The molecule has 0 saturated carbocycles. The summed E-state index contributed by atoms with van der Waals surface area (Å²) in [6.07, 6.45) is 0.628. The van der Waals surface area contributed by atoms with Gasteiger partial charge in [0.15, 0.2) is 0 Å². The van der Waals surface area contributed by atoms with Crippen LogP contribution in [0.25, 0.3) is 0 Å². The Morgan fingerprint density at radius 1 is 0.941 bits per heavy atom. The molecule has 1 amide bonds. The van der Waals surface area contributed by atoms with Crippen LogP contribution in [-0.2, 0) is 27.7 Å². The highest BCUT2D eigenvalue weighted by Gasteiger charge is 2.29. The Bertz CT molecular complexity index is 1350. The van der Waals surface area contributed by atoms with Gasteiger partial charge in [-0.25, -0.2) is 13.2 Å². The number of nitrogens with one attached hydrogen (secondary N) is 1. The molecule has 1 aliphatic rings. The van der Waals surface area contributed by atoms with Gasteiger partial charge in [0.2, 0.25) is 10.0 Å². The molecule has 1 heterocycles. The van der Waals surface area contributed by atoms with Gasteiger partial charge in [0.25, 0.3) is 5.91 Å². The van der Waals surface area contributed by atoms with Crippen molar-refractivity contribution in [3.8, 4) is 5.75 Å². The number of carbonyl (C=O) groups excluding carboxylic acids is 2. The van der Waals surface area contributed by atoms with Crippen molar-refractivity contribution in [1.82, 2.24) is 4.31 Å². The molecule has 3 aromatic carbocycles. The summed E-state index contributed by atoms with van der Waals surface area (Å²) < 4.78 is 38.0. The molecule has 176 valence electrons. The van der Waals surface area contributed by atoms with Crippen LogP contribution in [0.3, 0.4) is 0 Å². The topological polar surface area (TPSA) is 102 Å². The molecule has 0 atom stereocenters. The number of benzene rings is 3. The Labute approximate surface area is 198 Å². The molecule has 8 nitrogen and oxygen atoms in total. The Morgan fingerprint density at radius 2 is 1.71 bits per heavy atom. The van der Waals surface area contributed by atoms with Crippen molar-refractivity contribution < 1.29 is 27.5 Å². The Hall–Kier alpha value is -3.69. The van der Waals surface area contributed by atoms with Crippen LogP contribution in [0.2, 0.25) is 0 Å². The number of esters is 1. The molecule has 0 aliphatic carbocycles. The van der Waals surface area contributed by atoms with Gasteiger partial charge in [-0.1, -0.05) is 30.3 Å². The first-order chi connectivity index (χ1) is 16.3. The predicted octanol–water partition coefficient (Wildman–Crippen LogP) is 3.48. The van der Waals surface area contributed by atoms with E-state index in [1.165, 1.54) is 54.9 Å². The average Bonchev–Trinajstić information content (AvgIpc) is 2.88. The molecule has 0 fully saturated rings. The summed E-state index contributed by atoms with van der Waals surface area (Å²) in [6, 6.07) is 18.2. The van der Waals surface area contributed by atoms with Gasteiger partial charge in [0.1, 0.15) is 5.75 Å². The number of hydrogen-bond acceptors (Lipinski definition) is 6. The van der Waals surface area contributed by atoms with Crippen molar-refractivity contribution >= 4 is 27.6 Å². The fraction of sp³-hybridized carbons (Fsp3) is 0.200. The van der Waals surface area contributed by atoms with E-state index >= 15 is 0 Å². The largest absolute Gasteiger partial charge is 0.497 e. The third-order valence-electron chi connectivity index (χ3n) is 5.71. The van der Waals surface area contributed by atoms with Crippen molar-refractivity contribution in [3.05, 3.63) is 89.0 Å². The molecule has 1 N–H and O–H groups in total. The lowest BCUT2D eigenvalue weighted by Crippen LogP contribution is -2.36. The van der Waals surface area contributed by atoms with Gasteiger partial charge in [0, 0.05) is 18.7 Å². The molecule has 4 rings (SSSR count). The number of hydrogen-bond donors (Lipinski definition) is 1. The Morgan fingerprint density at radius 3 is 2.44 bits per heavy atom. The average molecular weight is 481 g/mol. The van der Waals surface area contributed by atoms with E-state index in [0.717, 1.165) is 11.1 Å². The third-order valence-corrected chi connectivity index (χ3v) is 7.55. The number of carbonyl (C=O) groups is 2. The zero-order valence-electron chi connectivity index (χ0n) is 18.8. The number of nitrogens with zero attached hydrogens (tertiary/aromatic N) is 1. The number of sulfonamides is 1. The van der Waals surface area contributed by atoms with E-state index < -0.39 is 21.9 Å². The molecule has 1 aliphatic heterocycles. The highest BCUT2D eigenvalue weighted by molar-refractivity contribution is 7.89. The lowest BCUT2D eigenvalue weighted by atomic mass is 10.0. The normalized spacial score (nSPS) is 13.6. The van der Waals surface area contributed by atoms with Crippen LogP contribution in [0.1, 0.15) is 31.8 Å². The molecule has 34 heavy (non-hydrogen) atoms. The molecule has 0 aromatic heterocycles. The SMILES string of the molecule is COC(=O)c1cc(OC)ccc1NC(=O)c1cccc(S(=O)(=O)N2CCc3ccccc3C2)c1. The minimum atomic E-state index is -3.81. The minimum absolute atomic E-state index is 0.0300. The summed E-state index contributed by atoms with van der Waals surface area (Å²) in [6.45, 7) is 0.646. The lowest BCUT2D eigenvalue weighted by molar-refractivity contribution is 0.0601. The smallest absolute Gasteiger partial charge is 0.340 e. The van der Waals surface area contributed by atoms with Gasteiger partial charge in [-0.05, 0) is 53.9 Å². The first-order valence-corrected chi connectivity index (χ1v) is 12.0. The van der Waals surface area contributed by atoms with Crippen LogP contribution in [0, 0.1) is 0 Å². The van der Waals surface area contributed by atoms with Crippen molar-refractivity contribution in [2.24, 2.45) is 0 Å². The number of anilines is 1. The van der Waals surface area contributed by atoms with Crippen molar-refractivity contribution in [1.29, 1.82) is 0 Å². The Balaban J connectivity index is 1.58. The van der Waals surface area contributed by atoms with E-state index in [4.69, 9.17) is 9.47 Å². The number of amides is 1. The molecular weight excluding hydrogens is 456 g/mol. The van der Waals surface area contributed by atoms with Crippen molar-refractivity contribution in [3.63, 3.8) is 0 Å². The van der Waals surface area contributed by atoms with Crippen LogP contribution in [0.15, 0.2) is 71.6 Å². The molecule has 0 spiro atoms. The van der Waals surface area contributed by atoms with Crippen LogP contribution >= 0.6 is 0 Å². The first kappa shape index (κ1) is 23.5. The third kappa shape index (κ3) is 4.66. The summed E-state index contributed by atoms with van der Waals surface area (Å²) >= 11 is 0. The maximum absolute atomic E-state index is 13.3. The second-order valence-electron chi connectivity index (χ2n) is 7.74. The molecule has 0 saturated heterocycles. The lowest BCUT2D eigenvalue weighted by Gasteiger charge is -2.28. The maximum atomic E-state index is 13.3. The molecule has 9 heteroatoms. The summed E-state index contributed by atoms with van der Waals surface area (Å²) in [5.41, 5.74) is 2.60. The fourth-order valence-corrected chi connectivity index (χ4v) is 5.32. The van der Waals surface area contributed by atoms with E-state index in [0.29, 0.717) is 18.7 Å². The van der Waals surface area contributed by atoms with Crippen LogP contribution in [0.4, 0.5) is 5.69 Å². The standard InChI is InChI=1S/C25H24N2O6S/c1-32-20-10-11-23(22(15-20)25(29)33-2)26-24(28)18-8-5-9-21(14-18)34(30,31)27-13-12-17-6-3-4-7-19(17)16-27/h3-11,14-15H,12-13,16H2,1-2H3,(H,26,28). The van der Waals surface area contributed by atoms with E-state index in [9.17, 15) is 18.0 Å². The molecule has 0 unspecified atom stereocenters. The van der Waals surface area contributed by atoms with Gasteiger partial charge in [-0.15, -0.1) is 0 Å². The van der Waals surface area contributed by atoms with Crippen LogP contribution in [0.5, 0.6) is 5.75 Å². The highest BCUT2D eigenvalue weighted by Crippen LogP contribution is 2.27. The van der Waals surface area contributed by atoms with E-state index in [2.05, 4.69) is 5.32 Å². The summed E-state index contributed by atoms with van der Waals surface area (Å²) in [7, 11) is -1.11. The fourth-order valence-electron chi connectivity index (χ4n) is 3.85. The molecule has 0 radical (unpaired) electrons. The first-order valence-electron chi connectivity index (χ1n) is 10.6. The monoisotopic (exact) mass is 480 g/mol. The highest BCUT2D eigenvalue weighted by atomic mass is 32.2. The predicted molar refractivity (Wildman–Crippen MR) is 126 cm³/mol. The zero-order chi connectivity index (χ0) is 24.3. The van der Waals surface area contributed by atoms with Gasteiger partial charge < -0.3 is 14.8 Å². The van der Waals surface area contributed by atoms with Crippen molar-refractivity contribution in [2.45, 2.75) is 17.9 Å². The number of rotatable bonds is 6. The van der Waals surface area contributed by atoms with E-state index in [1.807, 2.05) is 24.3 Å². The summed E-state index contributed by atoms with van der Waals surface area (Å²) in [5, 5.41) is 2.66. The summed E-state index contributed by atoms with van der Waals surface area (Å²) in [4.78, 5) is 25.1. The molecule has 0 bridgehead atoms. The van der Waals surface area contributed by atoms with Gasteiger partial charge in [-0.3, -0.25) is 4.79 Å². The Kier molecular flexibility index (Phi) is 6.67. The van der Waals surface area contributed by atoms with Gasteiger partial charge in [0.05, 0.1) is 30.4 Å². The summed E-state index contributed by atoms with van der Waals surface area (Å²) in [5.74, 6) is -0.776. The molecular formula is C25H24N2O6S. The number of fused-ring (bicyclic) bond motifs is 1. The van der Waals surface area contributed by atoms with Crippen molar-refractivity contribution in [2.75, 3.05) is 26.1 Å². The van der Waals surface area contributed by atoms with E-state index in [-0.39, 0.29) is 28.3 Å². The minimum Gasteiger partial charge on any atom is -0.497 e. The second kappa shape index (κ2) is 9.66. The maximum Gasteiger partial charge on any atom is 0.340 e. The van der Waals surface area contributed by atoms with E-state index in [1.54, 1.807) is 6.07 Å². The molecule has 3 aromatic rings. The van der Waals surface area contributed by atoms with Gasteiger partial charge >= 0.3 is 5.97 Å². The van der Waals surface area contributed by atoms with Crippen LogP contribution < -0.4 is 10.1 Å². The van der Waals surface area contributed by atoms with Gasteiger partial charge in [-0.2, -0.15) is 4.31 Å². The number of methoxy groups -OCH3 is 2.